The molecule has 0 spiro atoms. The molecule has 0 saturated heterocycles. The SMILES string of the molecule is C[C@@H](CNC(=O)c1cccc(CN2C(=O)c3ccccc3C2=O)c1)c1ccccc1. The molecule has 0 aromatic heterocycles. The van der Waals surface area contributed by atoms with Crippen molar-refractivity contribution in [3.63, 3.8) is 0 Å². The van der Waals surface area contributed by atoms with Crippen molar-refractivity contribution in [3.05, 3.63) is 107 Å². The first-order valence-electron chi connectivity index (χ1n) is 9.92. The third-order valence-electron chi connectivity index (χ3n) is 5.35. The maximum absolute atomic E-state index is 12.6. The Morgan fingerprint density at radius 3 is 2.17 bits per heavy atom. The predicted octanol–water partition coefficient (Wildman–Crippen LogP) is 4.02. The van der Waals surface area contributed by atoms with Crippen LogP contribution in [0, 0.1) is 0 Å². The van der Waals surface area contributed by atoms with Gasteiger partial charge in [0, 0.05) is 12.1 Å². The van der Waals surface area contributed by atoms with E-state index < -0.39 is 0 Å². The number of benzene rings is 3. The largest absolute Gasteiger partial charge is 0.351 e. The Hall–Kier alpha value is -3.73. The molecule has 1 aliphatic heterocycles. The molecule has 0 radical (unpaired) electrons. The van der Waals surface area contributed by atoms with Crippen LogP contribution in [-0.2, 0) is 6.54 Å². The first-order chi connectivity index (χ1) is 14.5. The lowest BCUT2D eigenvalue weighted by molar-refractivity contribution is 0.0642. The van der Waals surface area contributed by atoms with Gasteiger partial charge in [0.15, 0.2) is 0 Å². The van der Waals surface area contributed by atoms with Gasteiger partial charge in [-0.15, -0.1) is 0 Å². The molecular weight excluding hydrogens is 376 g/mol. The monoisotopic (exact) mass is 398 g/mol. The minimum Gasteiger partial charge on any atom is -0.351 e. The van der Waals surface area contributed by atoms with Crippen molar-refractivity contribution < 1.29 is 14.4 Å². The van der Waals surface area contributed by atoms with Gasteiger partial charge in [-0.1, -0.05) is 61.5 Å². The fraction of sp³-hybridized carbons (Fsp3) is 0.160. The highest BCUT2D eigenvalue weighted by Gasteiger charge is 2.34. The van der Waals surface area contributed by atoms with E-state index in [1.807, 2.05) is 36.4 Å². The summed E-state index contributed by atoms with van der Waals surface area (Å²) in [5.74, 6) is -0.594. The molecule has 3 aromatic rings. The number of hydrogen-bond donors (Lipinski definition) is 1. The van der Waals surface area contributed by atoms with Crippen molar-refractivity contribution in [3.8, 4) is 0 Å². The predicted molar refractivity (Wildman–Crippen MR) is 114 cm³/mol. The van der Waals surface area contributed by atoms with E-state index >= 15 is 0 Å². The average molecular weight is 398 g/mol. The number of imide groups is 1. The lowest BCUT2D eigenvalue weighted by Crippen LogP contribution is -2.30. The van der Waals surface area contributed by atoms with E-state index in [0.29, 0.717) is 23.2 Å². The van der Waals surface area contributed by atoms with E-state index in [0.717, 1.165) is 11.1 Å². The molecule has 30 heavy (non-hydrogen) atoms. The second-order valence-electron chi connectivity index (χ2n) is 7.46. The first-order valence-corrected chi connectivity index (χ1v) is 9.92. The molecule has 5 heteroatoms. The van der Waals surface area contributed by atoms with E-state index in [1.54, 1.807) is 42.5 Å². The topological polar surface area (TPSA) is 66.5 Å². The van der Waals surface area contributed by atoms with Crippen molar-refractivity contribution in [2.45, 2.75) is 19.4 Å². The molecule has 0 fully saturated rings. The minimum atomic E-state index is -0.304. The molecule has 1 N–H and O–H groups in total. The highest BCUT2D eigenvalue weighted by Crippen LogP contribution is 2.24. The van der Waals surface area contributed by atoms with Gasteiger partial charge in [-0.05, 0) is 41.3 Å². The Morgan fingerprint density at radius 2 is 1.50 bits per heavy atom. The fourth-order valence-electron chi connectivity index (χ4n) is 3.62. The lowest BCUT2D eigenvalue weighted by atomic mass is 10.0. The molecule has 1 heterocycles. The van der Waals surface area contributed by atoms with Crippen LogP contribution in [-0.4, -0.2) is 29.2 Å². The zero-order valence-electron chi connectivity index (χ0n) is 16.7. The van der Waals surface area contributed by atoms with Crippen LogP contribution in [0.1, 0.15) is 55.0 Å². The highest BCUT2D eigenvalue weighted by atomic mass is 16.2. The number of rotatable bonds is 6. The summed E-state index contributed by atoms with van der Waals surface area (Å²) in [5, 5.41) is 2.96. The van der Waals surface area contributed by atoms with Gasteiger partial charge in [-0.25, -0.2) is 0 Å². The van der Waals surface area contributed by atoms with Crippen LogP contribution in [0.5, 0.6) is 0 Å². The second kappa shape index (κ2) is 8.33. The van der Waals surface area contributed by atoms with Gasteiger partial charge in [-0.3, -0.25) is 19.3 Å². The van der Waals surface area contributed by atoms with E-state index in [1.165, 1.54) is 4.90 Å². The van der Waals surface area contributed by atoms with E-state index in [2.05, 4.69) is 12.2 Å². The number of amides is 3. The van der Waals surface area contributed by atoms with Crippen LogP contribution >= 0.6 is 0 Å². The summed E-state index contributed by atoms with van der Waals surface area (Å²) in [5.41, 5.74) is 3.24. The summed E-state index contributed by atoms with van der Waals surface area (Å²) in [6, 6.07) is 23.9. The molecule has 3 amide bonds. The molecule has 1 aliphatic rings. The first kappa shape index (κ1) is 19.6. The van der Waals surface area contributed by atoms with Gasteiger partial charge in [0.05, 0.1) is 17.7 Å². The summed E-state index contributed by atoms with van der Waals surface area (Å²) < 4.78 is 0. The fourth-order valence-corrected chi connectivity index (χ4v) is 3.62. The van der Waals surface area contributed by atoms with Crippen LogP contribution in [0.3, 0.4) is 0 Å². The van der Waals surface area contributed by atoms with Crippen LogP contribution in [0.15, 0.2) is 78.9 Å². The van der Waals surface area contributed by atoms with E-state index in [-0.39, 0.29) is 30.2 Å². The number of carbonyl (C=O) groups is 3. The van der Waals surface area contributed by atoms with Crippen molar-refractivity contribution in [2.75, 3.05) is 6.54 Å². The summed E-state index contributed by atoms with van der Waals surface area (Å²) in [6.07, 6.45) is 0. The molecule has 0 saturated carbocycles. The number of nitrogens with zero attached hydrogens (tertiary/aromatic N) is 1. The summed E-state index contributed by atoms with van der Waals surface area (Å²) in [4.78, 5) is 39.0. The van der Waals surface area contributed by atoms with Crippen LogP contribution in [0.25, 0.3) is 0 Å². The maximum atomic E-state index is 12.6. The Balaban J connectivity index is 1.42. The summed E-state index contributed by atoms with van der Waals surface area (Å²) >= 11 is 0. The molecule has 0 aliphatic carbocycles. The van der Waals surface area contributed by atoms with Crippen LogP contribution in [0.4, 0.5) is 0 Å². The summed E-state index contributed by atoms with van der Waals surface area (Å²) in [7, 11) is 0. The molecule has 150 valence electrons. The van der Waals surface area contributed by atoms with Crippen molar-refractivity contribution in [1.29, 1.82) is 0 Å². The number of carbonyl (C=O) groups excluding carboxylic acids is 3. The Kier molecular flexibility index (Phi) is 5.44. The van der Waals surface area contributed by atoms with Crippen LogP contribution < -0.4 is 5.32 Å². The molecule has 0 bridgehead atoms. The Labute approximate surface area is 175 Å². The van der Waals surface area contributed by atoms with Gasteiger partial charge in [0.2, 0.25) is 0 Å². The summed E-state index contributed by atoms with van der Waals surface area (Å²) in [6.45, 7) is 2.72. The zero-order chi connectivity index (χ0) is 21.1. The maximum Gasteiger partial charge on any atom is 0.261 e. The number of fused-ring (bicyclic) bond motifs is 1. The van der Waals surface area contributed by atoms with Gasteiger partial charge >= 0.3 is 0 Å². The van der Waals surface area contributed by atoms with Gasteiger partial charge < -0.3 is 5.32 Å². The van der Waals surface area contributed by atoms with Crippen molar-refractivity contribution >= 4 is 17.7 Å². The van der Waals surface area contributed by atoms with Gasteiger partial charge in [0.1, 0.15) is 0 Å². The second-order valence-corrected chi connectivity index (χ2v) is 7.46. The van der Waals surface area contributed by atoms with Crippen molar-refractivity contribution in [1.82, 2.24) is 10.2 Å². The van der Waals surface area contributed by atoms with Crippen molar-refractivity contribution in [2.24, 2.45) is 0 Å². The number of hydrogen-bond acceptors (Lipinski definition) is 3. The third-order valence-corrected chi connectivity index (χ3v) is 5.35. The third kappa shape index (κ3) is 3.87. The quantitative estimate of drug-likeness (QED) is 0.638. The average Bonchev–Trinajstić information content (AvgIpc) is 3.03. The molecule has 3 aromatic carbocycles. The van der Waals surface area contributed by atoms with Gasteiger partial charge in [-0.2, -0.15) is 0 Å². The molecule has 5 nitrogen and oxygen atoms in total. The molecule has 0 unspecified atom stereocenters. The molecule has 1 atom stereocenters. The normalized spacial score (nSPS) is 13.8. The van der Waals surface area contributed by atoms with E-state index in [4.69, 9.17) is 0 Å². The minimum absolute atomic E-state index is 0.133. The standard InChI is InChI=1S/C25H22N2O3/c1-17(19-9-3-2-4-10-19)15-26-23(28)20-11-7-8-18(14-20)16-27-24(29)21-12-5-6-13-22(21)25(27)30/h2-14,17H,15-16H2,1H3,(H,26,28)/t17-/m0/s1. The molecular formula is C25H22N2O3. The molecule has 4 rings (SSSR count). The lowest BCUT2D eigenvalue weighted by Gasteiger charge is -2.15. The Morgan fingerprint density at radius 1 is 0.867 bits per heavy atom. The number of nitrogens with one attached hydrogen (secondary N) is 1. The smallest absolute Gasteiger partial charge is 0.261 e. The van der Waals surface area contributed by atoms with E-state index in [9.17, 15) is 14.4 Å². The Bertz CT molecular complexity index is 1070. The van der Waals surface area contributed by atoms with Crippen LogP contribution in [0.2, 0.25) is 0 Å². The highest BCUT2D eigenvalue weighted by molar-refractivity contribution is 6.21. The van der Waals surface area contributed by atoms with Gasteiger partial charge in [0.25, 0.3) is 17.7 Å². The zero-order valence-corrected chi connectivity index (χ0v) is 16.7.